The third-order valence-electron chi connectivity index (χ3n) is 3.13. The van der Waals surface area contributed by atoms with Gasteiger partial charge in [-0.15, -0.1) is 0 Å². The van der Waals surface area contributed by atoms with E-state index >= 15 is 0 Å². The van der Waals surface area contributed by atoms with E-state index in [-0.39, 0.29) is 5.91 Å². The van der Waals surface area contributed by atoms with Crippen molar-refractivity contribution < 1.29 is 4.79 Å². The summed E-state index contributed by atoms with van der Waals surface area (Å²) in [5.41, 5.74) is 0. The standard InChI is InChI=1S/C12H18N4O/c1-16-7-3-10(4-8-16)9-11(17)15-12-13-5-2-6-14-12/h2,5-6,10H,3-4,7-9H2,1H3,(H,13,14,15,17). The predicted octanol–water partition coefficient (Wildman–Crippen LogP) is 1.15. The highest BCUT2D eigenvalue weighted by molar-refractivity contribution is 5.88. The van der Waals surface area contributed by atoms with E-state index in [0.717, 1.165) is 25.9 Å². The maximum atomic E-state index is 11.8. The van der Waals surface area contributed by atoms with Gasteiger partial charge in [-0.05, 0) is 45.0 Å². The van der Waals surface area contributed by atoms with Gasteiger partial charge < -0.3 is 4.90 Å². The zero-order chi connectivity index (χ0) is 12.1. The van der Waals surface area contributed by atoms with E-state index in [9.17, 15) is 4.79 Å². The first-order valence-corrected chi connectivity index (χ1v) is 5.99. The minimum Gasteiger partial charge on any atom is -0.306 e. The monoisotopic (exact) mass is 234 g/mol. The highest BCUT2D eigenvalue weighted by atomic mass is 16.1. The Morgan fingerprint density at radius 3 is 2.71 bits per heavy atom. The topological polar surface area (TPSA) is 58.1 Å². The minimum atomic E-state index is 0.0192. The SMILES string of the molecule is CN1CCC(CC(=O)Nc2ncccn2)CC1. The van der Waals surface area contributed by atoms with Crippen LogP contribution in [-0.4, -0.2) is 40.9 Å². The molecule has 1 N–H and O–H groups in total. The fourth-order valence-electron chi connectivity index (χ4n) is 2.07. The Labute approximate surface area is 101 Å². The van der Waals surface area contributed by atoms with Crippen LogP contribution in [0.25, 0.3) is 0 Å². The first-order chi connectivity index (χ1) is 8.24. The number of carbonyl (C=O) groups excluding carboxylic acids is 1. The Morgan fingerprint density at radius 2 is 2.06 bits per heavy atom. The van der Waals surface area contributed by atoms with Gasteiger partial charge in [-0.1, -0.05) is 0 Å². The molecule has 1 saturated heterocycles. The third-order valence-corrected chi connectivity index (χ3v) is 3.13. The molecule has 1 amide bonds. The van der Waals surface area contributed by atoms with Crippen LogP contribution < -0.4 is 5.32 Å². The van der Waals surface area contributed by atoms with E-state index < -0.39 is 0 Å². The fourth-order valence-corrected chi connectivity index (χ4v) is 2.07. The summed E-state index contributed by atoms with van der Waals surface area (Å²) in [4.78, 5) is 22.0. The first-order valence-electron chi connectivity index (χ1n) is 5.99. The minimum absolute atomic E-state index is 0.0192. The molecule has 0 aliphatic carbocycles. The third kappa shape index (κ3) is 3.78. The number of nitrogens with zero attached hydrogens (tertiary/aromatic N) is 3. The average Bonchev–Trinajstić information content (AvgIpc) is 2.33. The second kappa shape index (κ2) is 5.72. The molecule has 0 saturated carbocycles. The maximum Gasteiger partial charge on any atom is 0.229 e. The van der Waals surface area contributed by atoms with Crippen LogP contribution in [0.3, 0.4) is 0 Å². The first kappa shape index (κ1) is 12.0. The molecule has 92 valence electrons. The van der Waals surface area contributed by atoms with Crippen LogP contribution >= 0.6 is 0 Å². The molecule has 0 aromatic carbocycles. The van der Waals surface area contributed by atoms with Crippen molar-refractivity contribution >= 4 is 11.9 Å². The molecular formula is C12H18N4O. The molecule has 0 unspecified atom stereocenters. The molecule has 0 bridgehead atoms. The van der Waals surface area contributed by atoms with Gasteiger partial charge in [0, 0.05) is 18.8 Å². The number of likely N-dealkylation sites (tertiary alicyclic amines) is 1. The Balaban J connectivity index is 1.78. The van der Waals surface area contributed by atoms with Crippen molar-refractivity contribution in [1.29, 1.82) is 0 Å². The molecular weight excluding hydrogens is 216 g/mol. The maximum absolute atomic E-state index is 11.8. The van der Waals surface area contributed by atoms with Crippen LogP contribution in [0.4, 0.5) is 5.95 Å². The lowest BCUT2D eigenvalue weighted by molar-refractivity contribution is -0.117. The van der Waals surface area contributed by atoms with E-state index in [4.69, 9.17) is 0 Å². The molecule has 0 atom stereocenters. The van der Waals surface area contributed by atoms with Gasteiger partial charge in [0.2, 0.25) is 11.9 Å². The smallest absolute Gasteiger partial charge is 0.229 e. The van der Waals surface area contributed by atoms with Gasteiger partial charge >= 0.3 is 0 Å². The predicted molar refractivity (Wildman–Crippen MR) is 65.5 cm³/mol. The zero-order valence-corrected chi connectivity index (χ0v) is 10.1. The second-order valence-electron chi connectivity index (χ2n) is 4.57. The van der Waals surface area contributed by atoms with Crippen molar-refractivity contribution in [3.05, 3.63) is 18.5 Å². The van der Waals surface area contributed by atoms with Crippen molar-refractivity contribution in [2.75, 3.05) is 25.5 Å². The second-order valence-corrected chi connectivity index (χ2v) is 4.57. The average molecular weight is 234 g/mol. The summed E-state index contributed by atoms with van der Waals surface area (Å²) in [5.74, 6) is 0.908. The van der Waals surface area contributed by atoms with E-state index in [1.165, 1.54) is 0 Å². The normalized spacial score (nSPS) is 17.9. The van der Waals surface area contributed by atoms with E-state index in [1.807, 2.05) is 0 Å². The molecule has 0 radical (unpaired) electrons. The number of aromatic nitrogens is 2. The Hall–Kier alpha value is -1.49. The highest BCUT2D eigenvalue weighted by Gasteiger charge is 2.19. The number of nitrogens with one attached hydrogen (secondary N) is 1. The van der Waals surface area contributed by atoms with Crippen LogP contribution in [0, 0.1) is 5.92 Å². The highest BCUT2D eigenvalue weighted by Crippen LogP contribution is 2.19. The molecule has 5 nitrogen and oxygen atoms in total. The van der Waals surface area contributed by atoms with Crippen molar-refractivity contribution in [1.82, 2.24) is 14.9 Å². The summed E-state index contributed by atoms with van der Waals surface area (Å²) in [7, 11) is 2.12. The van der Waals surface area contributed by atoms with Gasteiger partial charge in [-0.3, -0.25) is 10.1 Å². The van der Waals surface area contributed by atoms with Gasteiger partial charge in [-0.2, -0.15) is 0 Å². The Bertz CT molecular complexity index is 360. The zero-order valence-electron chi connectivity index (χ0n) is 10.1. The number of amides is 1. The van der Waals surface area contributed by atoms with Crippen molar-refractivity contribution in [2.45, 2.75) is 19.3 Å². The summed E-state index contributed by atoms with van der Waals surface area (Å²) in [5, 5.41) is 2.73. The summed E-state index contributed by atoms with van der Waals surface area (Å²) in [6.45, 7) is 2.17. The van der Waals surface area contributed by atoms with Crippen LogP contribution in [0.1, 0.15) is 19.3 Å². The number of carbonyl (C=O) groups is 1. The van der Waals surface area contributed by atoms with Crippen molar-refractivity contribution in [2.24, 2.45) is 5.92 Å². The fraction of sp³-hybridized carbons (Fsp3) is 0.583. The van der Waals surface area contributed by atoms with Crippen LogP contribution in [0.15, 0.2) is 18.5 Å². The lowest BCUT2D eigenvalue weighted by atomic mass is 9.93. The van der Waals surface area contributed by atoms with Gasteiger partial charge in [-0.25, -0.2) is 9.97 Å². The summed E-state index contributed by atoms with van der Waals surface area (Å²) in [6, 6.07) is 1.73. The number of rotatable bonds is 3. The van der Waals surface area contributed by atoms with Crippen LogP contribution in [-0.2, 0) is 4.79 Å². The summed E-state index contributed by atoms with van der Waals surface area (Å²) >= 11 is 0. The Kier molecular flexibility index (Phi) is 4.03. The molecule has 1 fully saturated rings. The number of hydrogen-bond donors (Lipinski definition) is 1. The van der Waals surface area contributed by atoms with Gasteiger partial charge in [0.25, 0.3) is 0 Å². The number of hydrogen-bond acceptors (Lipinski definition) is 4. The van der Waals surface area contributed by atoms with E-state index in [2.05, 4.69) is 27.2 Å². The molecule has 5 heteroatoms. The molecule has 17 heavy (non-hydrogen) atoms. The van der Waals surface area contributed by atoms with Crippen molar-refractivity contribution in [3.63, 3.8) is 0 Å². The Morgan fingerprint density at radius 1 is 1.41 bits per heavy atom. The van der Waals surface area contributed by atoms with E-state index in [1.54, 1.807) is 18.5 Å². The van der Waals surface area contributed by atoms with Crippen molar-refractivity contribution in [3.8, 4) is 0 Å². The lowest BCUT2D eigenvalue weighted by Gasteiger charge is -2.28. The summed E-state index contributed by atoms with van der Waals surface area (Å²) in [6.07, 6.45) is 6.02. The lowest BCUT2D eigenvalue weighted by Crippen LogP contribution is -2.32. The molecule has 2 heterocycles. The van der Waals surface area contributed by atoms with Gasteiger partial charge in [0.1, 0.15) is 0 Å². The van der Waals surface area contributed by atoms with Gasteiger partial charge in [0.15, 0.2) is 0 Å². The molecule has 1 aliphatic heterocycles. The molecule has 1 aromatic heterocycles. The van der Waals surface area contributed by atoms with Gasteiger partial charge in [0.05, 0.1) is 0 Å². The quantitative estimate of drug-likeness (QED) is 0.852. The molecule has 2 rings (SSSR count). The van der Waals surface area contributed by atoms with E-state index in [0.29, 0.717) is 18.3 Å². The molecule has 0 spiro atoms. The molecule has 1 aromatic rings. The summed E-state index contributed by atoms with van der Waals surface area (Å²) < 4.78 is 0. The van der Waals surface area contributed by atoms with Crippen LogP contribution in [0.2, 0.25) is 0 Å². The number of anilines is 1. The largest absolute Gasteiger partial charge is 0.306 e. The van der Waals surface area contributed by atoms with Crippen LogP contribution in [0.5, 0.6) is 0 Å². The number of piperidine rings is 1. The molecule has 1 aliphatic rings.